The van der Waals surface area contributed by atoms with Crippen LogP contribution in [0.3, 0.4) is 0 Å². The molecule has 0 saturated carbocycles. The van der Waals surface area contributed by atoms with E-state index in [0.717, 1.165) is 27.4 Å². The molecule has 2 aromatic rings. The zero-order valence-corrected chi connectivity index (χ0v) is 19.1. The number of ether oxygens (including phenoxy) is 2. The molecule has 0 aliphatic carbocycles. The Hall–Kier alpha value is -2.74. The van der Waals surface area contributed by atoms with Gasteiger partial charge in [0.25, 0.3) is 0 Å². The van der Waals surface area contributed by atoms with Crippen LogP contribution >= 0.6 is 0 Å². The van der Waals surface area contributed by atoms with E-state index in [1.165, 1.54) is 0 Å². The number of carbonyl (C=O) groups is 1. The minimum Gasteiger partial charge on any atom is -0.497 e. The predicted octanol–water partition coefficient (Wildman–Crippen LogP) is 3.05. The third-order valence-corrected chi connectivity index (χ3v) is 6.02. The number of amides is 1. The van der Waals surface area contributed by atoms with Gasteiger partial charge in [0, 0.05) is 0 Å². The second-order valence-electron chi connectivity index (χ2n) is 7.40. The van der Waals surface area contributed by atoms with Gasteiger partial charge in [-0.1, -0.05) is 6.07 Å². The van der Waals surface area contributed by atoms with E-state index in [2.05, 4.69) is 5.32 Å². The molecule has 0 saturated heterocycles. The number of carbonyl (C=O) groups excluding carboxylic acids is 1. The molecule has 2 atom stereocenters. The number of benzene rings is 2. The highest BCUT2D eigenvalue weighted by Gasteiger charge is 2.30. The molecule has 7 nitrogen and oxygen atoms in total. The van der Waals surface area contributed by atoms with Gasteiger partial charge in [0.05, 0.1) is 25.1 Å². The van der Waals surface area contributed by atoms with E-state index < -0.39 is 22.0 Å². The summed E-state index contributed by atoms with van der Waals surface area (Å²) in [6.07, 6.45) is 1.10. The third-order valence-electron chi connectivity index (χ3n) is 4.78. The van der Waals surface area contributed by atoms with E-state index in [-0.39, 0.29) is 12.6 Å². The number of sulfonamides is 1. The molecule has 0 fully saturated rings. The summed E-state index contributed by atoms with van der Waals surface area (Å²) in [7, 11) is -2.07. The van der Waals surface area contributed by atoms with Crippen molar-refractivity contribution in [1.82, 2.24) is 5.32 Å². The van der Waals surface area contributed by atoms with Gasteiger partial charge in [0.15, 0.2) is 0 Å². The van der Waals surface area contributed by atoms with Crippen LogP contribution in [0.5, 0.6) is 11.5 Å². The van der Waals surface area contributed by atoms with Crippen molar-refractivity contribution >= 4 is 21.6 Å². The molecule has 0 unspecified atom stereocenters. The Bertz CT molecular complexity index is 974. The Morgan fingerprint density at radius 3 is 2.17 bits per heavy atom. The first-order valence-corrected chi connectivity index (χ1v) is 11.5. The van der Waals surface area contributed by atoms with Crippen LogP contribution in [0.1, 0.15) is 25.0 Å². The fourth-order valence-corrected chi connectivity index (χ4v) is 4.14. The number of methoxy groups -OCH3 is 1. The molecule has 0 aliphatic rings. The lowest BCUT2D eigenvalue weighted by atomic mass is 10.1. The van der Waals surface area contributed by atoms with Gasteiger partial charge in [0.2, 0.25) is 15.9 Å². The van der Waals surface area contributed by atoms with Gasteiger partial charge >= 0.3 is 0 Å². The van der Waals surface area contributed by atoms with Gasteiger partial charge < -0.3 is 14.8 Å². The first-order chi connectivity index (χ1) is 14.0. The Labute approximate surface area is 179 Å². The number of nitrogens with one attached hydrogen (secondary N) is 1. The first-order valence-electron chi connectivity index (χ1n) is 9.66. The number of hydrogen-bond donors (Lipinski definition) is 1. The van der Waals surface area contributed by atoms with E-state index in [9.17, 15) is 13.2 Å². The molecule has 0 spiro atoms. The Morgan fingerprint density at radius 2 is 1.63 bits per heavy atom. The first kappa shape index (κ1) is 23.5. The number of aryl methyl sites for hydroxylation is 2. The summed E-state index contributed by atoms with van der Waals surface area (Å²) in [5, 5.41) is 2.83. The van der Waals surface area contributed by atoms with Crippen molar-refractivity contribution in [2.45, 2.75) is 39.8 Å². The van der Waals surface area contributed by atoms with Crippen LogP contribution < -0.4 is 19.1 Å². The van der Waals surface area contributed by atoms with Crippen molar-refractivity contribution < 1.29 is 22.7 Å². The van der Waals surface area contributed by atoms with Crippen LogP contribution in [0.2, 0.25) is 0 Å². The summed E-state index contributed by atoms with van der Waals surface area (Å²) < 4.78 is 36.8. The van der Waals surface area contributed by atoms with Gasteiger partial charge in [-0.3, -0.25) is 9.10 Å². The van der Waals surface area contributed by atoms with Gasteiger partial charge in [-0.2, -0.15) is 0 Å². The van der Waals surface area contributed by atoms with Gasteiger partial charge in [-0.05, 0) is 75.2 Å². The van der Waals surface area contributed by atoms with Crippen molar-refractivity contribution in [2.75, 3.05) is 24.3 Å². The van der Waals surface area contributed by atoms with Crippen molar-refractivity contribution in [3.8, 4) is 11.5 Å². The average Bonchev–Trinajstić information content (AvgIpc) is 2.68. The molecule has 30 heavy (non-hydrogen) atoms. The van der Waals surface area contributed by atoms with E-state index in [1.807, 2.05) is 19.9 Å². The molecule has 1 amide bonds. The lowest BCUT2D eigenvalue weighted by Crippen LogP contribution is -2.50. The monoisotopic (exact) mass is 434 g/mol. The average molecular weight is 435 g/mol. The summed E-state index contributed by atoms with van der Waals surface area (Å²) in [5.74, 6) is 0.979. The maximum atomic E-state index is 12.8. The highest BCUT2D eigenvalue weighted by molar-refractivity contribution is 7.92. The summed E-state index contributed by atoms with van der Waals surface area (Å²) in [4.78, 5) is 12.8. The fraction of sp³-hybridized carbons (Fsp3) is 0.409. The lowest BCUT2D eigenvalue weighted by Gasteiger charge is -2.29. The third kappa shape index (κ3) is 6.13. The number of anilines is 1. The molecule has 8 heteroatoms. The Kier molecular flexibility index (Phi) is 7.72. The van der Waals surface area contributed by atoms with Crippen LogP contribution in [-0.2, 0) is 14.8 Å². The minimum absolute atomic E-state index is 0.243. The fourth-order valence-electron chi connectivity index (χ4n) is 2.97. The van der Waals surface area contributed by atoms with Gasteiger partial charge in [-0.15, -0.1) is 0 Å². The largest absolute Gasteiger partial charge is 0.497 e. The van der Waals surface area contributed by atoms with Crippen molar-refractivity contribution in [2.24, 2.45) is 0 Å². The van der Waals surface area contributed by atoms with Crippen LogP contribution in [0.4, 0.5) is 5.69 Å². The van der Waals surface area contributed by atoms with E-state index in [4.69, 9.17) is 9.47 Å². The molecule has 2 rings (SSSR count). The highest BCUT2D eigenvalue weighted by atomic mass is 32.2. The molecule has 0 bridgehead atoms. The quantitative estimate of drug-likeness (QED) is 0.656. The molecule has 0 aliphatic heterocycles. The summed E-state index contributed by atoms with van der Waals surface area (Å²) >= 11 is 0. The van der Waals surface area contributed by atoms with Crippen LogP contribution in [0.15, 0.2) is 42.5 Å². The predicted molar refractivity (Wildman–Crippen MR) is 119 cm³/mol. The highest BCUT2D eigenvalue weighted by Crippen LogP contribution is 2.24. The SMILES string of the molecule is COc1ccc(OC[C@H](C)NC(=O)[C@H](C)N(c2ccc(C)c(C)c2)S(C)(=O)=O)cc1. The zero-order chi connectivity index (χ0) is 22.5. The van der Waals surface area contributed by atoms with Crippen LogP contribution in [0, 0.1) is 13.8 Å². The normalized spacial score (nSPS) is 13.3. The van der Waals surface area contributed by atoms with Crippen molar-refractivity contribution in [1.29, 1.82) is 0 Å². The van der Waals surface area contributed by atoms with Crippen molar-refractivity contribution in [3.63, 3.8) is 0 Å². The Balaban J connectivity index is 2.05. The molecular formula is C22H30N2O5S. The number of nitrogens with zero attached hydrogens (tertiary/aromatic N) is 1. The topological polar surface area (TPSA) is 84.9 Å². The lowest BCUT2D eigenvalue weighted by molar-refractivity contribution is -0.122. The maximum Gasteiger partial charge on any atom is 0.243 e. The summed E-state index contributed by atoms with van der Waals surface area (Å²) in [6.45, 7) is 7.47. The molecule has 1 N–H and O–H groups in total. The van der Waals surface area contributed by atoms with Crippen molar-refractivity contribution in [3.05, 3.63) is 53.6 Å². The molecule has 2 aromatic carbocycles. The standard InChI is InChI=1S/C22H30N2O5S/c1-15-7-8-19(13-16(15)2)24(30(6,26)27)18(4)22(25)23-17(3)14-29-21-11-9-20(28-5)10-12-21/h7-13,17-18H,14H2,1-6H3,(H,23,25)/t17-,18-/m0/s1. The van der Waals surface area contributed by atoms with E-state index >= 15 is 0 Å². The molecular weight excluding hydrogens is 404 g/mol. The molecule has 0 radical (unpaired) electrons. The molecule has 0 heterocycles. The van der Waals surface area contributed by atoms with Crippen LogP contribution in [-0.4, -0.2) is 46.4 Å². The van der Waals surface area contributed by atoms with Gasteiger partial charge in [-0.25, -0.2) is 8.42 Å². The summed E-state index contributed by atoms with van der Waals surface area (Å²) in [5.41, 5.74) is 2.47. The van der Waals surface area contributed by atoms with E-state index in [1.54, 1.807) is 57.4 Å². The smallest absolute Gasteiger partial charge is 0.243 e. The molecule has 0 aromatic heterocycles. The zero-order valence-electron chi connectivity index (χ0n) is 18.3. The minimum atomic E-state index is -3.66. The Morgan fingerprint density at radius 1 is 1.03 bits per heavy atom. The second kappa shape index (κ2) is 9.84. The maximum absolute atomic E-state index is 12.8. The van der Waals surface area contributed by atoms with E-state index in [0.29, 0.717) is 11.4 Å². The second-order valence-corrected chi connectivity index (χ2v) is 9.26. The van der Waals surface area contributed by atoms with Crippen LogP contribution in [0.25, 0.3) is 0 Å². The molecule has 164 valence electrons. The van der Waals surface area contributed by atoms with Gasteiger partial charge in [0.1, 0.15) is 24.1 Å². The number of hydrogen-bond acceptors (Lipinski definition) is 5. The summed E-state index contributed by atoms with van der Waals surface area (Å²) in [6, 6.07) is 11.2. The number of rotatable bonds is 9.